The summed E-state index contributed by atoms with van der Waals surface area (Å²) in [5.41, 5.74) is 4.74. The number of benzene rings is 2. The van der Waals surface area contributed by atoms with E-state index in [2.05, 4.69) is 86.9 Å². The second-order valence-electron chi connectivity index (χ2n) is 9.45. The van der Waals surface area contributed by atoms with E-state index in [4.69, 9.17) is 0 Å². The number of thioether (sulfide) groups is 1. The number of amides is 2. The molecular formula is C27H38N2OS. The van der Waals surface area contributed by atoms with Gasteiger partial charge in [-0.1, -0.05) is 95.5 Å². The zero-order valence-electron chi connectivity index (χ0n) is 19.5. The van der Waals surface area contributed by atoms with E-state index in [0.717, 1.165) is 18.0 Å². The standard InChI is InChI=1S/C27H38N2OS/c1-20(2)23-14-11-15-24(21(3)4)25(23)29-26(30)28-19-27(16-9-6-10-17-27)31-18-22-12-7-5-8-13-22/h5,7-8,11-15,20-21H,6,9-10,16-19H2,1-4H3,(H2,28,29,30). The van der Waals surface area contributed by atoms with Crippen LogP contribution in [0.5, 0.6) is 0 Å². The van der Waals surface area contributed by atoms with E-state index in [1.165, 1.54) is 48.8 Å². The fourth-order valence-corrected chi connectivity index (χ4v) is 5.89. The highest BCUT2D eigenvalue weighted by molar-refractivity contribution is 7.99. The minimum absolute atomic E-state index is 0.0831. The highest BCUT2D eigenvalue weighted by Gasteiger charge is 2.33. The van der Waals surface area contributed by atoms with Crippen LogP contribution in [0.2, 0.25) is 0 Å². The topological polar surface area (TPSA) is 41.1 Å². The van der Waals surface area contributed by atoms with Gasteiger partial charge in [-0.25, -0.2) is 4.79 Å². The Morgan fingerprint density at radius 2 is 1.52 bits per heavy atom. The summed E-state index contributed by atoms with van der Waals surface area (Å²) < 4.78 is 0.129. The fourth-order valence-electron chi connectivity index (χ4n) is 4.47. The molecule has 0 aliphatic heterocycles. The van der Waals surface area contributed by atoms with Crippen molar-refractivity contribution in [3.05, 3.63) is 65.2 Å². The normalized spacial score (nSPS) is 15.8. The summed E-state index contributed by atoms with van der Waals surface area (Å²) in [5.74, 6) is 1.72. The van der Waals surface area contributed by atoms with E-state index in [1.54, 1.807) is 0 Å². The maximum absolute atomic E-state index is 13.0. The highest BCUT2D eigenvalue weighted by atomic mass is 32.2. The van der Waals surface area contributed by atoms with Crippen molar-refractivity contribution in [2.45, 2.75) is 82.1 Å². The number of rotatable bonds is 8. The molecule has 1 saturated carbocycles. The van der Waals surface area contributed by atoms with E-state index in [1.807, 2.05) is 11.8 Å². The van der Waals surface area contributed by atoms with Crippen LogP contribution >= 0.6 is 11.8 Å². The minimum Gasteiger partial charge on any atom is -0.336 e. The summed E-state index contributed by atoms with van der Waals surface area (Å²) in [5, 5.41) is 6.45. The first-order chi connectivity index (χ1) is 14.9. The summed E-state index contributed by atoms with van der Waals surface area (Å²) in [6, 6.07) is 16.9. The number of hydrogen-bond acceptors (Lipinski definition) is 2. The Bertz CT molecular complexity index is 815. The lowest BCUT2D eigenvalue weighted by molar-refractivity contribution is 0.249. The molecule has 1 fully saturated rings. The molecular weight excluding hydrogens is 400 g/mol. The number of nitrogens with one attached hydrogen (secondary N) is 2. The molecule has 4 heteroatoms. The van der Waals surface area contributed by atoms with Gasteiger partial charge in [0, 0.05) is 22.7 Å². The number of urea groups is 1. The van der Waals surface area contributed by atoms with Crippen LogP contribution in [0.3, 0.4) is 0 Å². The first-order valence-corrected chi connectivity index (χ1v) is 12.7. The number of carbonyl (C=O) groups is 1. The van der Waals surface area contributed by atoms with Gasteiger partial charge in [-0.15, -0.1) is 11.8 Å². The average molecular weight is 439 g/mol. The molecule has 0 spiro atoms. The molecule has 2 aromatic rings. The Balaban J connectivity index is 1.68. The van der Waals surface area contributed by atoms with Crippen LogP contribution in [-0.2, 0) is 5.75 Å². The maximum Gasteiger partial charge on any atom is 0.319 e. The first kappa shape index (κ1) is 23.7. The largest absolute Gasteiger partial charge is 0.336 e. The molecule has 0 aromatic heterocycles. The van der Waals surface area contributed by atoms with Gasteiger partial charge in [-0.3, -0.25) is 0 Å². The van der Waals surface area contributed by atoms with Gasteiger partial charge in [0.1, 0.15) is 0 Å². The zero-order valence-corrected chi connectivity index (χ0v) is 20.4. The van der Waals surface area contributed by atoms with Crippen molar-refractivity contribution in [3.8, 4) is 0 Å². The number of hydrogen-bond donors (Lipinski definition) is 2. The van der Waals surface area contributed by atoms with E-state index < -0.39 is 0 Å². The molecule has 1 aliphatic rings. The summed E-state index contributed by atoms with van der Waals surface area (Å²) in [4.78, 5) is 13.0. The second kappa shape index (κ2) is 11.1. The van der Waals surface area contributed by atoms with Crippen LogP contribution < -0.4 is 10.6 Å². The molecule has 2 N–H and O–H groups in total. The Labute approximate surface area is 192 Å². The number of carbonyl (C=O) groups excluding carboxylic acids is 1. The summed E-state index contributed by atoms with van der Waals surface area (Å²) in [6.45, 7) is 9.44. The van der Waals surface area contributed by atoms with Crippen LogP contribution in [-0.4, -0.2) is 17.3 Å². The predicted molar refractivity (Wildman–Crippen MR) is 135 cm³/mol. The minimum atomic E-state index is -0.0831. The average Bonchev–Trinajstić information content (AvgIpc) is 2.77. The molecule has 0 heterocycles. The molecule has 0 radical (unpaired) electrons. The van der Waals surface area contributed by atoms with E-state index in [9.17, 15) is 4.79 Å². The van der Waals surface area contributed by atoms with Crippen LogP contribution in [0.4, 0.5) is 10.5 Å². The molecule has 0 saturated heterocycles. The van der Waals surface area contributed by atoms with Crippen molar-refractivity contribution in [1.82, 2.24) is 5.32 Å². The second-order valence-corrected chi connectivity index (χ2v) is 10.9. The molecule has 168 valence electrons. The summed E-state index contributed by atoms with van der Waals surface area (Å²) in [7, 11) is 0. The van der Waals surface area contributed by atoms with Crippen molar-refractivity contribution in [1.29, 1.82) is 0 Å². The molecule has 31 heavy (non-hydrogen) atoms. The Hall–Kier alpha value is -1.94. The maximum atomic E-state index is 13.0. The molecule has 3 rings (SSSR count). The van der Waals surface area contributed by atoms with E-state index >= 15 is 0 Å². The van der Waals surface area contributed by atoms with E-state index in [-0.39, 0.29) is 10.8 Å². The highest BCUT2D eigenvalue weighted by Crippen LogP contribution is 2.41. The van der Waals surface area contributed by atoms with Crippen LogP contribution in [0, 0.1) is 0 Å². The van der Waals surface area contributed by atoms with Gasteiger partial charge < -0.3 is 10.6 Å². The zero-order chi connectivity index (χ0) is 22.3. The third-order valence-electron chi connectivity index (χ3n) is 6.34. The van der Waals surface area contributed by atoms with Crippen molar-refractivity contribution < 1.29 is 4.79 Å². The Morgan fingerprint density at radius 3 is 2.10 bits per heavy atom. The Kier molecular flexibility index (Phi) is 8.48. The lowest BCUT2D eigenvalue weighted by atomic mass is 9.88. The van der Waals surface area contributed by atoms with Crippen molar-refractivity contribution >= 4 is 23.5 Å². The predicted octanol–water partition coefficient (Wildman–Crippen LogP) is 7.69. The van der Waals surface area contributed by atoms with Crippen molar-refractivity contribution in [3.63, 3.8) is 0 Å². The van der Waals surface area contributed by atoms with Crippen LogP contribution in [0.1, 0.15) is 88.3 Å². The van der Waals surface area contributed by atoms with Crippen LogP contribution in [0.15, 0.2) is 48.5 Å². The van der Waals surface area contributed by atoms with Crippen LogP contribution in [0.25, 0.3) is 0 Å². The SMILES string of the molecule is CC(C)c1cccc(C(C)C)c1NC(=O)NCC1(SCc2ccccc2)CCCCC1. The summed E-state index contributed by atoms with van der Waals surface area (Å²) >= 11 is 2.02. The van der Waals surface area contributed by atoms with Gasteiger partial charge in [0.25, 0.3) is 0 Å². The molecule has 3 nitrogen and oxygen atoms in total. The molecule has 0 bridgehead atoms. The third kappa shape index (κ3) is 6.52. The lowest BCUT2D eigenvalue weighted by Crippen LogP contribution is -2.43. The molecule has 0 atom stereocenters. The van der Waals surface area contributed by atoms with Gasteiger partial charge >= 0.3 is 6.03 Å². The number of anilines is 1. The molecule has 1 aliphatic carbocycles. The Morgan fingerprint density at radius 1 is 0.903 bits per heavy atom. The van der Waals surface area contributed by atoms with Gasteiger partial charge in [-0.05, 0) is 41.4 Å². The monoisotopic (exact) mass is 438 g/mol. The lowest BCUT2D eigenvalue weighted by Gasteiger charge is -2.37. The van der Waals surface area contributed by atoms with Gasteiger partial charge in [0.2, 0.25) is 0 Å². The fraction of sp³-hybridized carbons (Fsp3) is 0.519. The van der Waals surface area contributed by atoms with Gasteiger partial charge in [0.15, 0.2) is 0 Å². The quantitative estimate of drug-likeness (QED) is 0.443. The molecule has 2 amide bonds. The van der Waals surface area contributed by atoms with Gasteiger partial charge in [0.05, 0.1) is 0 Å². The smallest absolute Gasteiger partial charge is 0.319 e. The summed E-state index contributed by atoms with van der Waals surface area (Å²) in [6.07, 6.45) is 6.14. The van der Waals surface area contributed by atoms with Gasteiger partial charge in [-0.2, -0.15) is 0 Å². The molecule has 0 unspecified atom stereocenters. The first-order valence-electron chi connectivity index (χ1n) is 11.8. The van der Waals surface area contributed by atoms with Crippen molar-refractivity contribution in [2.24, 2.45) is 0 Å². The molecule has 2 aromatic carbocycles. The number of para-hydroxylation sites is 1. The van der Waals surface area contributed by atoms with Crippen molar-refractivity contribution in [2.75, 3.05) is 11.9 Å². The van der Waals surface area contributed by atoms with E-state index in [0.29, 0.717) is 11.8 Å². The third-order valence-corrected chi connectivity index (χ3v) is 7.98.